The van der Waals surface area contributed by atoms with Crippen LogP contribution in [0.2, 0.25) is 0 Å². The second-order valence-corrected chi connectivity index (χ2v) is 3.47. The van der Waals surface area contributed by atoms with Crippen LogP contribution in [0.3, 0.4) is 0 Å². The minimum absolute atomic E-state index is 0.135. The third-order valence-corrected chi connectivity index (χ3v) is 2.43. The van der Waals surface area contributed by atoms with E-state index in [4.69, 9.17) is 5.11 Å². The Labute approximate surface area is 72.6 Å². The number of rotatable bonds is 2. The Morgan fingerprint density at radius 3 is 2.67 bits per heavy atom. The van der Waals surface area contributed by atoms with Crippen molar-refractivity contribution < 1.29 is 9.90 Å². The van der Waals surface area contributed by atoms with Crippen molar-refractivity contribution in [2.75, 3.05) is 27.2 Å². The average Bonchev–Trinajstić information content (AvgIpc) is 2.04. The molecule has 0 unspecified atom stereocenters. The van der Waals surface area contributed by atoms with E-state index in [0.29, 0.717) is 0 Å². The van der Waals surface area contributed by atoms with Crippen LogP contribution in [0.15, 0.2) is 0 Å². The molecule has 0 spiro atoms. The van der Waals surface area contributed by atoms with Crippen molar-refractivity contribution in [1.82, 2.24) is 10.2 Å². The summed E-state index contributed by atoms with van der Waals surface area (Å²) >= 11 is 0. The van der Waals surface area contributed by atoms with Crippen LogP contribution in [-0.4, -0.2) is 49.2 Å². The highest BCUT2D eigenvalue weighted by Crippen LogP contribution is 2.16. The minimum atomic E-state index is -0.671. The molecule has 2 N–H and O–H groups in total. The van der Waals surface area contributed by atoms with Crippen LogP contribution in [0.1, 0.15) is 6.42 Å². The Morgan fingerprint density at radius 1 is 1.58 bits per heavy atom. The van der Waals surface area contributed by atoms with Gasteiger partial charge in [-0.05, 0) is 27.1 Å². The normalized spacial score (nSPS) is 30.6. The zero-order chi connectivity index (χ0) is 9.14. The molecule has 1 rings (SSSR count). The smallest absolute Gasteiger partial charge is 0.308 e. The maximum Gasteiger partial charge on any atom is 0.308 e. The van der Waals surface area contributed by atoms with Crippen LogP contribution < -0.4 is 5.32 Å². The third kappa shape index (κ3) is 1.95. The molecule has 0 bridgehead atoms. The van der Waals surface area contributed by atoms with E-state index in [1.165, 1.54) is 0 Å². The first-order valence-electron chi connectivity index (χ1n) is 4.23. The molecule has 4 heteroatoms. The molecule has 0 amide bonds. The van der Waals surface area contributed by atoms with Crippen molar-refractivity contribution in [3.63, 3.8) is 0 Å². The Bertz CT molecular complexity index is 170. The zero-order valence-corrected chi connectivity index (χ0v) is 7.58. The van der Waals surface area contributed by atoms with E-state index in [-0.39, 0.29) is 12.0 Å². The summed E-state index contributed by atoms with van der Waals surface area (Å²) in [7, 11) is 3.85. The maximum absolute atomic E-state index is 10.8. The predicted molar refractivity (Wildman–Crippen MR) is 46.1 cm³/mol. The van der Waals surface area contributed by atoms with Gasteiger partial charge < -0.3 is 15.3 Å². The Hall–Kier alpha value is -0.610. The molecule has 2 atom stereocenters. The highest BCUT2D eigenvalue weighted by Gasteiger charge is 2.31. The van der Waals surface area contributed by atoms with Crippen molar-refractivity contribution in [1.29, 1.82) is 0 Å². The molecule has 0 aliphatic carbocycles. The molecule has 70 valence electrons. The van der Waals surface area contributed by atoms with E-state index >= 15 is 0 Å². The molecule has 1 fully saturated rings. The van der Waals surface area contributed by atoms with Gasteiger partial charge in [-0.25, -0.2) is 0 Å². The van der Waals surface area contributed by atoms with Crippen molar-refractivity contribution in [2.24, 2.45) is 5.92 Å². The van der Waals surface area contributed by atoms with E-state index in [1.807, 2.05) is 19.0 Å². The highest BCUT2D eigenvalue weighted by molar-refractivity contribution is 5.71. The summed E-state index contributed by atoms with van der Waals surface area (Å²) in [5.74, 6) is -0.878. The van der Waals surface area contributed by atoms with Crippen LogP contribution in [0, 0.1) is 5.92 Å². The van der Waals surface area contributed by atoms with Crippen LogP contribution in [-0.2, 0) is 4.79 Å². The number of nitrogens with one attached hydrogen (secondary N) is 1. The molecule has 1 heterocycles. The van der Waals surface area contributed by atoms with Gasteiger partial charge in [0.2, 0.25) is 0 Å². The lowest BCUT2D eigenvalue weighted by Gasteiger charge is -2.33. The summed E-state index contributed by atoms with van der Waals surface area (Å²) in [6.07, 6.45) is 0.734. The second kappa shape index (κ2) is 3.87. The third-order valence-electron chi connectivity index (χ3n) is 2.43. The van der Waals surface area contributed by atoms with Gasteiger partial charge in [0, 0.05) is 12.6 Å². The van der Waals surface area contributed by atoms with Gasteiger partial charge >= 0.3 is 5.97 Å². The fourth-order valence-electron chi connectivity index (χ4n) is 1.67. The standard InChI is InChI=1S/C8H16N2O2/c1-10(2)7-5-9-4-3-6(7)8(11)12/h6-7,9H,3-5H2,1-2H3,(H,11,12)/t6-,7+/m0/s1. The average molecular weight is 172 g/mol. The van der Waals surface area contributed by atoms with Crippen LogP contribution in [0.5, 0.6) is 0 Å². The molecule has 0 aromatic heterocycles. The van der Waals surface area contributed by atoms with Crippen LogP contribution in [0.4, 0.5) is 0 Å². The SMILES string of the molecule is CN(C)[C@@H]1CNCC[C@@H]1C(=O)O. The number of aliphatic carboxylic acids is 1. The zero-order valence-electron chi connectivity index (χ0n) is 7.58. The van der Waals surface area contributed by atoms with Crippen molar-refractivity contribution in [3.05, 3.63) is 0 Å². The summed E-state index contributed by atoms with van der Waals surface area (Å²) in [6, 6.07) is 0.135. The minimum Gasteiger partial charge on any atom is -0.481 e. The number of carboxylic acids is 1. The van der Waals surface area contributed by atoms with Gasteiger partial charge in [-0.3, -0.25) is 4.79 Å². The van der Waals surface area contributed by atoms with Crippen LogP contribution >= 0.6 is 0 Å². The van der Waals surface area contributed by atoms with Gasteiger partial charge in [0.05, 0.1) is 5.92 Å². The molecule has 4 nitrogen and oxygen atoms in total. The summed E-state index contributed by atoms with van der Waals surface area (Å²) < 4.78 is 0. The number of hydrogen-bond donors (Lipinski definition) is 2. The van der Waals surface area contributed by atoms with Crippen molar-refractivity contribution in [2.45, 2.75) is 12.5 Å². The van der Waals surface area contributed by atoms with Crippen molar-refractivity contribution >= 4 is 5.97 Å². The van der Waals surface area contributed by atoms with Crippen LogP contribution in [0.25, 0.3) is 0 Å². The molecule has 1 aliphatic rings. The van der Waals surface area contributed by atoms with E-state index < -0.39 is 5.97 Å². The number of carboxylic acid groups (broad SMARTS) is 1. The Morgan fingerprint density at radius 2 is 2.25 bits per heavy atom. The topological polar surface area (TPSA) is 52.6 Å². The van der Waals surface area contributed by atoms with E-state index in [1.54, 1.807) is 0 Å². The first-order valence-corrected chi connectivity index (χ1v) is 4.23. The maximum atomic E-state index is 10.8. The molecule has 0 saturated carbocycles. The molecule has 0 radical (unpaired) electrons. The van der Waals surface area contributed by atoms with E-state index in [0.717, 1.165) is 19.5 Å². The van der Waals surface area contributed by atoms with Gasteiger partial charge in [0.25, 0.3) is 0 Å². The second-order valence-electron chi connectivity index (χ2n) is 3.47. The molecule has 1 saturated heterocycles. The van der Waals surface area contributed by atoms with E-state index in [9.17, 15) is 4.79 Å². The number of carbonyl (C=O) groups is 1. The molecule has 1 aliphatic heterocycles. The van der Waals surface area contributed by atoms with Gasteiger partial charge in [-0.1, -0.05) is 0 Å². The first-order chi connectivity index (χ1) is 5.63. The largest absolute Gasteiger partial charge is 0.481 e. The number of nitrogens with zero attached hydrogens (tertiary/aromatic N) is 1. The molecule has 0 aromatic rings. The van der Waals surface area contributed by atoms with Gasteiger partial charge in [0.15, 0.2) is 0 Å². The lowest BCUT2D eigenvalue weighted by molar-refractivity contribution is -0.144. The lowest BCUT2D eigenvalue weighted by Crippen LogP contribution is -2.50. The quantitative estimate of drug-likeness (QED) is 0.595. The molecular weight excluding hydrogens is 156 g/mol. The fourth-order valence-corrected chi connectivity index (χ4v) is 1.67. The summed E-state index contributed by atoms with van der Waals surface area (Å²) in [5, 5.41) is 12.1. The predicted octanol–water partition coefficient (Wildman–Crippen LogP) is -0.389. The molecular formula is C8H16N2O2. The van der Waals surface area contributed by atoms with Gasteiger partial charge in [0.1, 0.15) is 0 Å². The summed E-state index contributed by atoms with van der Waals surface area (Å²) in [5.41, 5.74) is 0. The van der Waals surface area contributed by atoms with E-state index in [2.05, 4.69) is 5.32 Å². The van der Waals surface area contributed by atoms with Gasteiger partial charge in [-0.15, -0.1) is 0 Å². The number of piperidine rings is 1. The lowest BCUT2D eigenvalue weighted by atomic mass is 9.92. The Balaban J connectivity index is 2.60. The molecule has 0 aromatic carbocycles. The summed E-state index contributed by atoms with van der Waals surface area (Å²) in [4.78, 5) is 12.8. The highest BCUT2D eigenvalue weighted by atomic mass is 16.4. The molecule has 12 heavy (non-hydrogen) atoms. The first kappa shape index (κ1) is 9.48. The summed E-state index contributed by atoms with van der Waals surface area (Å²) in [6.45, 7) is 1.60. The monoisotopic (exact) mass is 172 g/mol. The fraction of sp³-hybridized carbons (Fsp3) is 0.875. The Kier molecular flexibility index (Phi) is 3.05. The van der Waals surface area contributed by atoms with Gasteiger partial charge in [-0.2, -0.15) is 0 Å². The number of hydrogen-bond acceptors (Lipinski definition) is 3. The number of likely N-dealkylation sites (N-methyl/N-ethyl adjacent to an activating group) is 1. The van der Waals surface area contributed by atoms with Crippen molar-refractivity contribution in [3.8, 4) is 0 Å².